The lowest BCUT2D eigenvalue weighted by molar-refractivity contribution is 0.211. The number of aromatic amines is 1. The summed E-state index contributed by atoms with van der Waals surface area (Å²) in [6.07, 6.45) is 0.282. The Morgan fingerprint density at radius 1 is 1.14 bits per heavy atom. The van der Waals surface area contributed by atoms with Crippen LogP contribution in [0.2, 0.25) is 0 Å². The van der Waals surface area contributed by atoms with Gasteiger partial charge >= 0.3 is 0 Å². The molecule has 2 aromatic carbocycles. The van der Waals surface area contributed by atoms with Crippen molar-refractivity contribution in [3.63, 3.8) is 0 Å². The smallest absolute Gasteiger partial charge is 0.175 e. The Morgan fingerprint density at radius 3 is 2.52 bits per heavy atom. The number of fused-ring (bicyclic) bond motifs is 1. The van der Waals surface area contributed by atoms with E-state index in [0.717, 1.165) is 11.8 Å². The van der Waals surface area contributed by atoms with E-state index in [-0.39, 0.29) is 4.90 Å². The second kappa shape index (κ2) is 4.98. The van der Waals surface area contributed by atoms with Crippen molar-refractivity contribution in [2.45, 2.75) is 11.0 Å². The number of nitrogens with zero attached hydrogens (tertiary/aromatic N) is 1. The van der Waals surface area contributed by atoms with Crippen molar-refractivity contribution in [1.82, 2.24) is 9.97 Å². The standard InChI is InChI=1S/C15H14N2O3S/c1-21(19,20)11-7-8-12-13(9-11)17-15(16-12)14(18)10-5-3-2-4-6-10/h2-9,14,18H,1H3,(H,16,17). The van der Waals surface area contributed by atoms with Crippen LogP contribution in [0.15, 0.2) is 53.4 Å². The van der Waals surface area contributed by atoms with E-state index in [9.17, 15) is 13.5 Å². The Morgan fingerprint density at radius 2 is 1.86 bits per heavy atom. The number of rotatable bonds is 3. The fourth-order valence-corrected chi connectivity index (χ4v) is 2.81. The molecule has 21 heavy (non-hydrogen) atoms. The van der Waals surface area contributed by atoms with Crippen LogP contribution < -0.4 is 0 Å². The molecule has 6 heteroatoms. The molecule has 0 bridgehead atoms. The third-order valence-corrected chi connectivity index (χ3v) is 4.38. The Labute approximate surface area is 122 Å². The summed E-state index contributed by atoms with van der Waals surface area (Å²) in [5.74, 6) is 0.391. The summed E-state index contributed by atoms with van der Waals surface area (Å²) in [5, 5.41) is 10.3. The molecular weight excluding hydrogens is 288 g/mol. The highest BCUT2D eigenvalue weighted by atomic mass is 32.2. The lowest BCUT2D eigenvalue weighted by atomic mass is 10.1. The van der Waals surface area contributed by atoms with E-state index >= 15 is 0 Å². The van der Waals surface area contributed by atoms with Crippen LogP contribution in [0.5, 0.6) is 0 Å². The van der Waals surface area contributed by atoms with E-state index in [0.29, 0.717) is 16.9 Å². The summed E-state index contributed by atoms with van der Waals surface area (Å²) in [5.41, 5.74) is 1.93. The molecular formula is C15H14N2O3S. The highest BCUT2D eigenvalue weighted by molar-refractivity contribution is 7.90. The highest BCUT2D eigenvalue weighted by Crippen LogP contribution is 2.23. The van der Waals surface area contributed by atoms with Crippen LogP contribution in [0.4, 0.5) is 0 Å². The van der Waals surface area contributed by atoms with Crippen molar-refractivity contribution >= 4 is 20.9 Å². The predicted molar refractivity (Wildman–Crippen MR) is 79.7 cm³/mol. The van der Waals surface area contributed by atoms with Crippen molar-refractivity contribution in [3.8, 4) is 0 Å². The van der Waals surface area contributed by atoms with E-state index < -0.39 is 15.9 Å². The quantitative estimate of drug-likeness (QED) is 0.775. The van der Waals surface area contributed by atoms with Gasteiger partial charge in [-0.15, -0.1) is 0 Å². The largest absolute Gasteiger partial charge is 0.380 e. The SMILES string of the molecule is CS(=O)(=O)c1ccc2nc(C(O)c3ccccc3)[nH]c2c1. The van der Waals surface area contributed by atoms with Gasteiger partial charge in [0.1, 0.15) is 11.9 Å². The number of aliphatic hydroxyl groups is 1. The maximum absolute atomic E-state index is 11.6. The average molecular weight is 302 g/mol. The third kappa shape index (κ3) is 2.68. The Bertz CT molecular complexity index is 886. The van der Waals surface area contributed by atoms with E-state index in [1.807, 2.05) is 18.2 Å². The van der Waals surface area contributed by atoms with Gasteiger partial charge in [-0.05, 0) is 23.8 Å². The minimum absolute atomic E-state index is 0.222. The van der Waals surface area contributed by atoms with Crippen LogP contribution in [0.25, 0.3) is 11.0 Å². The van der Waals surface area contributed by atoms with Gasteiger partial charge in [0, 0.05) is 6.26 Å². The van der Waals surface area contributed by atoms with Gasteiger partial charge < -0.3 is 10.1 Å². The number of hydrogen-bond donors (Lipinski definition) is 2. The molecule has 108 valence electrons. The molecule has 0 fully saturated rings. The maximum Gasteiger partial charge on any atom is 0.175 e. The zero-order chi connectivity index (χ0) is 15.0. The van der Waals surface area contributed by atoms with E-state index in [4.69, 9.17) is 0 Å². The second-order valence-corrected chi connectivity index (χ2v) is 6.90. The lowest BCUT2D eigenvalue weighted by Gasteiger charge is -2.06. The van der Waals surface area contributed by atoms with Gasteiger partial charge in [-0.1, -0.05) is 30.3 Å². The molecule has 0 saturated carbocycles. The molecule has 1 aromatic heterocycles. The minimum Gasteiger partial charge on any atom is -0.380 e. The molecule has 1 atom stereocenters. The summed E-state index contributed by atoms with van der Waals surface area (Å²) in [4.78, 5) is 7.51. The van der Waals surface area contributed by atoms with Crippen molar-refractivity contribution in [2.75, 3.05) is 6.26 Å². The average Bonchev–Trinajstić information content (AvgIpc) is 2.89. The van der Waals surface area contributed by atoms with Gasteiger partial charge in [0.25, 0.3) is 0 Å². The maximum atomic E-state index is 11.6. The number of H-pyrrole nitrogens is 1. The van der Waals surface area contributed by atoms with Gasteiger partial charge in [0.15, 0.2) is 9.84 Å². The van der Waals surface area contributed by atoms with Gasteiger partial charge in [0.2, 0.25) is 0 Å². The number of aromatic nitrogens is 2. The Hall–Kier alpha value is -2.18. The number of benzene rings is 2. The minimum atomic E-state index is -3.27. The van der Waals surface area contributed by atoms with Gasteiger partial charge in [-0.2, -0.15) is 0 Å². The molecule has 0 aliphatic rings. The molecule has 0 saturated heterocycles. The van der Waals surface area contributed by atoms with E-state index in [1.165, 1.54) is 12.1 Å². The summed E-state index contributed by atoms with van der Waals surface area (Å²) >= 11 is 0. The summed E-state index contributed by atoms with van der Waals surface area (Å²) in [6.45, 7) is 0. The molecule has 5 nitrogen and oxygen atoms in total. The van der Waals surface area contributed by atoms with Crippen LogP contribution in [0, 0.1) is 0 Å². The van der Waals surface area contributed by atoms with Crippen LogP contribution in [-0.4, -0.2) is 29.7 Å². The van der Waals surface area contributed by atoms with E-state index in [1.54, 1.807) is 18.2 Å². The molecule has 0 spiro atoms. The Balaban J connectivity index is 2.06. The first-order valence-corrected chi connectivity index (χ1v) is 8.27. The first kappa shape index (κ1) is 13.8. The molecule has 3 rings (SSSR count). The number of aliphatic hydroxyl groups excluding tert-OH is 1. The molecule has 2 N–H and O–H groups in total. The van der Waals surface area contributed by atoms with Gasteiger partial charge in [0.05, 0.1) is 15.9 Å². The summed E-state index contributed by atoms with van der Waals surface area (Å²) < 4.78 is 23.1. The molecule has 0 radical (unpaired) electrons. The molecule has 0 amide bonds. The van der Waals surface area contributed by atoms with Gasteiger partial charge in [-0.25, -0.2) is 13.4 Å². The third-order valence-electron chi connectivity index (χ3n) is 3.27. The Kier molecular flexibility index (Phi) is 3.27. The van der Waals surface area contributed by atoms with Crippen molar-refractivity contribution in [2.24, 2.45) is 0 Å². The second-order valence-electron chi connectivity index (χ2n) is 4.89. The van der Waals surface area contributed by atoms with Crippen molar-refractivity contribution in [3.05, 3.63) is 59.9 Å². The van der Waals surface area contributed by atoms with Gasteiger partial charge in [-0.3, -0.25) is 0 Å². The fraction of sp³-hybridized carbons (Fsp3) is 0.133. The van der Waals surface area contributed by atoms with Crippen LogP contribution in [0.3, 0.4) is 0 Å². The van der Waals surface area contributed by atoms with E-state index in [2.05, 4.69) is 9.97 Å². The molecule has 3 aromatic rings. The molecule has 1 heterocycles. The van der Waals surface area contributed by atoms with Crippen LogP contribution >= 0.6 is 0 Å². The summed E-state index contributed by atoms with van der Waals surface area (Å²) in [6, 6.07) is 13.8. The topological polar surface area (TPSA) is 83.1 Å². The summed E-state index contributed by atoms with van der Waals surface area (Å²) in [7, 11) is -3.27. The lowest BCUT2D eigenvalue weighted by Crippen LogP contribution is -2.01. The zero-order valence-electron chi connectivity index (χ0n) is 11.3. The first-order chi connectivity index (χ1) is 9.95. The number of sulfone groups is 1. The molecule has 1 unspecified atom stereocenters. The molecule has 0 aliphatic carbocycles. The zero-order valence-corrected chi connectivity index (χ0v) is 12.1. The number of nitrogens with one attached hydrogen (secondary N) is 1. The monoisotopic (exact) mass is 302 g/mol. The first-order valence-electron chi connectivity index (χ1n) is 6.38. The van der Waals surface area contributed by atoms with Crippen LogP contribution in [-0.2, 0) is 9.84 Å². The number of hydrogen-bond acceptors (Lipinski definition) is 4. The normalized spacial score (nSPS) is 13.4. The highest BCUT2D eigenvalue weighted by Gasteiger charge is 2.16. The van der Waals surface area contributed by atoms with Crippen molar-refractivity contribution < 1.29 is 13.5 Å². The fourth-order valence-electron chi connectivity index (χ4n) is 2.16. The van der Waals surface area contributed by atoms with Crippen LogP contribution in [0.1, 0.15) is 17.5 Å². The molecule has 0 aliphatic heterocycles. The predicted octanol–water partition coefficient (Wildman–Crippen LogP) is 2.05. The number of imidazole rings is 1. The van der Waals surface area contributed by atoms with Crippen molar-refractivity contribution in [1.29, 1.82) is 0 Å².